The first kappa shape index (κ1) is 20.6. The Hall–Kier alpha value is -2.64. The highest BCUT2D eigenvalue weighted by atomic mass is 32.2. The topological polar surface area (TPSA) is 71.1 Å². The van der Waals surface area contributed by atoms with Crippen LogP contribution < -0.4 is 10.6 Å². The van der Waals surface area contributed by atoms with E-state index in [2.05, 4.69) is 10.6 Å². The Labute approximate surface area is 184 Å². The maximum Gasteiger partial charge on any atom is 0.256 e. The van der Waals surface area contributed by atoms with Crippen molar-refractivity contribution in [2.45, 2.75) is 37.1 Å². The summed E-state index contributed by atoms with van der Waals surface area (Å²) >= 11 is 2.80. The fraction of sp³-hybridized carbons (Fsp3) is 0.261. The number of anilines is 1. The molecule has 2 aromatic carbocycles. The highest BCUT2D eigenvalue weighted by Gasteiger charge is 2.23. The Morgan fingerprint density at radius 3 is 2.57 bits per heavy atom. The van der Waals surface area contributed by atoms with Crippen molar-refractivity contribution in [1.82, 2.24) is 10.3 Å². The standard InChI is InChI=1S/C23H23N3O2S2/c1-14-8-9-17(12-15(14)2)21(28)26-22-20(16-6-4-3-5-7-16)25-23(30-22)29-13-19(27)24-18-10-11-18/h3-9,12,18H,10-11,13H2,1-2H3,(H,24,27)(H,26,28). The lowest BCUT2D eigenvalue weighted by atomic mass is 10.1. The van der Waals surface area contributed by atoms with Gasteiger partial charge in [-0.3, -0.25) is 9.59 Å². The lowest BCUT2D eigenvalue weighted by Gasteiger charge is -2.07. The molecule has 0 bridgehead atoms. The number of carbonyl (C=O) groups is 2. The van der Waals surface area contributed by atoms with Gasteiger partial charge >= 0.3 is 0 Å². The lowest BCUT2D eigenvalue weighted by molar-refractivity contribution is -0.118. The number of rotatable bonds is 7. The van der Waals surface area contributed by atoms with Crippen LogP contribution in [0.5, 0.6) is 0 Å². The van der Waals surface area contributed by atoms with Crippen molar-refractivity contribution in [3.8, 4) is 11.3 Å². The Morgan fingerprint density at radius 1 is 1.10 bits per heavy atom. The van der Waals surface area contributed by atoms with E-state index in [0.29, 0.717) is 22.4 Å². The summed E-state index contributed by atoms with van der Waals surface area (Å²) in [6.07, 6.45) is 2.14. The molecule has 3 aromatic rings. The number of nitrogens with one attached hydrogen (secondary N) is 2. The van der Waals surface area contributed by atoms with Gasteiger partial charge in [-0.1, -0.05) is 59.5 Å². The third-order valence-electron chi connectivity index (χ3n) is 4.92. The normalized spacial score (nSPS) is 13.1. The van der Waals surface area contributed by atoms with Crippen molar-refractivity contribution in [1.29, 1.82) is 0 Å². The summed E-state index contributed by atoms with van der Waals surface area (Å²) in [7, 11) is 0. The molecule has 154 valence electrons. The smallest absolute Gasteiger partial charge is 0.256 e. The van der Waals surface area contributed by atoms with Gasteiger partial charge in [0.1, 0.15) is 10.7 Å². The van der Waals surface area contributed by atoms with E-state index in [-0.39, 0.29) is 11.8 Å². The molecular weight excluding hydrogens is 414 g/mol. The summed E-state index contributed by atoms with van der Waals surface area (Å²) < 4.78 is 0.759. The molecule has 0 spiro atoms. The van der Waals surface area contributed by atoms with Crippen LogP contribution in [0.1, 0.15) is 34.3 Å². The van der Waals surface area contributed by atoms with Crippen LogP contribution in [0, 0.1) is 13.8 Å². The molecule has 0 radical (unpaired) electrons. The van der Waals surface area contributed by atoms with Crippen LogP contribution in [0.25, 0.3) is 11.3 Å². The zero-order valence-electron chi connectivity index (χ0n) is 16.9. The van der Waals surface area contributed by atoms with Gasteiger partial charge in [0.15, 0.2) is 4.34 Å². The maximum absolute atomic E-state index is 12.9. The summed E-state index contributed by atoms with van der Waals surface area (Å²) in [5, 5.41) is 6.70. The minimum absolute atomic E-state index is 0.0275. The van der Waals surface area contributed by atoms with E-state index in [4.69, 9.17) is 4.98 Å². The average Bonchev–Trinajstić information content (AvgIpc) is 3.46. The highest BCUT2D eigenvalue weighted by Crippen LogP contribution is 2.38. The Balaban J connectivity index is 1.55. The lowest BCUT2D eigenvalue weighted by Crippen LogP contribution is -2.26. The van der Waals surface area contributed by atoms with Gasteiger partial charge in [0.25, 0.3) is 5.91 Å². The van der Waals surface area contributed by atoms with E-state index in [1.807, 2.05) is 62.4 Å². The van der Waals surface area contributed by atoms with Gasteiger partial charge in [0.2, 0.25) is 5.91 Å². The maximum atomic E-state index is 12.9. The molecular formula is C23H23N3O2S2. The van der Waals surface area contributed by atoms with Crippen LogP contribution in [-0.4, -0.2) is 28.6 Å². The molecule has 2 N–H and O–H groups in total. The number of aromatic nitrogens is 1. The van der Waals surface area contributed by atoms with E-state index in [1.54, 1.807) is 0 Å². The second-order valence-corrected chi connectivity index (χ2v) is 9.63. The number of hydrogen-bond acceptors (Lipinski definition) is 5. The molecule has 30 heavy (non-hydrogen) atoms. The predicted molar refractivity (Wildman–Crippen MR) is 123 cm³/mol. The largest absolute Gasteiger partial charge is 0.353 e. The van der Waals surface area contributed by atoms with E-state index in [0.717, 1.165) is 39.6 Å². The monoisotopic (exact) mass is 437 g/mol. The fourth-order valence-corrected chi connectivity index (χ4v) is 4.79. The summed E-state index contributed by atoms with van der Waals surface area (Å²) in [6, 6.07) is 15.8. The molecule has 0 aliphatic heterocycles. The predicted octanol–water partition coefficient (Wildman–Crippen LogP) is 5.05. The van der Waals surface area contributed by atoms with Crippen LogP contribution in [0.4, 0.5) is 5.00 Å². The molecule has 5 nitrogen and oxygen atoms in total. The number of benzene rings is 2. The molecule has 2 amide bonds. The van der Waals surface area contributed by atoms with Gasteiger partial charge in [-0.2, -0.15) is 0 Å². The van der Waals surface area contributed by atoms with Crippen molar-refractivity contribution in [3.05, 3.63) is 65.2 Å². The van der Waals surface area contributed by atoms with Crippen molar-refractivity contribution in [2.24, 2.45) is 0 Å². The average molecular weight is 438 g/mol. The van der Waals surface area contributed by atoms with E-state index in [1.165, 1.54) is 23.1 Å². The molecule has 1 saturated carbocycles. The van der Waals surface area contributed by atoms with Gasteiger partial charge < -0.3 is 10.6 Å². The van der Waals surface area contributed by atoms with Crippen molar-refractivity contribution >= 4 is 39.9 Å². The van der Waals surface area contributed by atoms with Crippen molar-refractivity contribution < 1.29 is 9.59 Å². The summed E-state index contributed by atoms with van der Waals surface area (Å²) in [5.41, 5.74) is 4.50. The zero-order valence-corrected chi connectivity index (χ0v) is 18.5. The number of aryl methyl sites for hydroxylation is 2. The first-order chi connectivity index (χ1) is 14.5. The third-order valence-corrected chi connectivity index (χ3v) is 7.03. The van der Waals surface area contributed by atoms with Crippen LogP contribution in [0.2, 0.25) is 0 Å². The number of carbonyl (C=O) groups excluding carboxylic acids is 2. The van der Waals surface area contributed by atoms with Gasteiger partial charge in [0.05, 0.1) is 5.75 Å². The highest BCUT2D eigenvalue weighted by molar-refractivity contribution is 8.01. The molecule has 0 saturated heterocycles. The van der Waals surface area contributed by atoms with E-state index >= 15 is 0 Å². The molecule has 4 rings (SSSR count). The van der Waals surface area contributed by atoms with Gasteiger partial charge in [-0.05, 0) is 49.9 Å². The number of hydrogen-bond donors (Lipinski definition) is 2. The first-order valence-electron chi connectivity index (χ1n) is 9.86. The quantitative estimate of drug-likeness (QED) is 0.508. The number of thioether (sulfide) groups is 1. The summed E-state index contributed by atoms with van der Waals surface area (Å²) in [6.45, 7) is 4.02. The molecule has 0 unspecified atom stereocenters. The molecule has 0 atom stereocenters. The van der Waals surface area contributed by atoms with Crippen LogP contribution in [0.3, 0.4) is 0 Å². The number of thiazole rings is 1. The van der Waals surface area contributed by atoms with Crippen LogP contribution in [0.15, 0.2) is 52.9 Å². The molecule has 1 fully saturated rings. The molecule has 7 heteroatoms. The molecule has 1 aliphatic rings. The Bertz CT molecular complexity index is 1080. The molecule has 1 aromatic heterocycles. The summed E-state index contributed by atoms with van der Waals surface area (Å²) in [4.78, 5) is 29.6. The van der Waals surface area contributed by atoms with Crippen LogP contribution >= 0.6 is 23.1 Å². The Morgan fingerprint density at radius 2 is 1.87 bits per heavy atom. The molecule has 1 heterocycles. The molecule has 1 aliphatic carbocycles. The first-order valence-corrected chi connectivity index (χ1v) is 11.7. The van der Waals surface area contributed by atoms with Crippen LogP contribution in [-0.2, 0) is 4.79 Å². The minimum Gasteiger partial charge on any atom is -0.353 e. The third kappa shape index (κ3) is 5.09. The fourth-order valence-electron chi connectivity index (χ4n) is 2.92. The van der Waals surface area contributed by atoms with Crippen molar-refractivity contribution in [2.75, 3.05) is 11.1 Å². The summed E-state index contributed by atoms with van der Waals surface area (Å²) in [5.74, 6) is 0.185. The van der Waals surface area contributed by atoms with Gasteiger partial charge in [0, 0.05) is 17.2 Å². The second-order valence-electron chi connectivity index (χ2n) is 7.41. The van der Waals surface area contributed by atoms with Gasteiger partial charge in [-0.15, -0.1) is 0 Å². The minimum atomic E-state index is -0.165. The zero-order chi connectivity index (χ0) is 21.1. The Kier molecular flexibility index (Phi) is 6.20. The number of nitrogens with zero attached hydrogens (tertiary/aromatic N) is 1. The van der Waals surface area contributed by atoms with E-state index in [9.17, 15) is 9.59 Å². The number of amides is 2. The SMILES string of the molecule is Cc1ccc(C(=O)Nc2sc(SCC(=O)NC3CC3)nc2-c2ccccc2)cc1C. The van der Waals surface area contributed by atoms with E-state index < -0.39 is 0 Å². The van der Waals surface area contributed by atoms with Gasteiger partial charge in [-0.25, -0.2) is 4.98 Å². The second kappa shape index (κ2) is 9.02. The van der Waals surface area contributed by atoms with Crippen molar-refractivity contribution in [3.63, 3.8) is 0 Å².